The maximum atomic E-state index is 12.7. The topological polar surface area (TPSA) is 63.4 Å². The van der Waals surface area contributed by atoms with Gasteiger partial charge in [-0.15, -0.1) is 0 Å². The van der Waals surface area contributed by atoms with Crippen molar-refractivity contribution in [2.45, 2.75) is 37.5 Å². The van der Waals surface area contributed by atoms with Crippen LogP contribution in [0.5, 0.6) is 0 Å². The van der Waals surface area contributed by atoms with Crippen LogP contribution in [0.1, 0.15) is 32.6 Å². The monoisotopic (exact) mass is 316 g/mol. The van der Waals surface area contributed by atoms with Crippen LogP contribution in [0.2, 0.25) is 5.02 Å². The number of halogens is 1. The van der Waals surface area contributed by atoms with Gasteiger partial charge in [0.2, 0.25) is 10.0 Å². The minimum absolute atomic E-state index is 0.0524. The Morgan fingerprint density at radius 2 is 2.10 bits per heavy atom. The zero-order valence-corrected chi connectivity index (χ0v) is 13.3. The summed E-state index contributed by atoms with van der Waals surface area (Å²) in [6.45, 7) is 3.25. The molecule has 1 aromatic carbocycles. The van der Waals surface area contributed by atoms with Gasteiger partial charge in [-0.25, -0.2) is 8.42 Å². The lowest BCUT2D eigenvalue weighted by Gasteiger charge is -2.21. The second-order valence-electron chi connectivity index (χ2n) is 5.27. The van der Waals surface area contributed by atoms with Gasteiger partial charge < -0.3 is 5.73 Å². The summed E-state index contributed by atoms with van der Waals surface area (Å²) in [6, 6.07) is 4.80. The number of rotatable bonds is 3. The van der Waals surface area contributed by atoms with Gasteiger partial charge in [-0.05, 0) is 37.3 Å². The van der Waals surface area contributed by atoms with Gasteiger partial charge >= 0.3 is 0 Å². The molecule has 0 radical (unpaired) electrons. The molecule has 1 heterocycles. The van der Waals surface area contributed by atoms with Crippen LogP contribution in [0.3, 0.4) is 0 Å². The van der Waals surface area contributed by atoms with E-state index in [2.05, 4.69) is 6.92 Å². The van der Waals surface area contributed by atoms with Crippen LogP contribution >= 0.6 is 11.6 Å². The van der Waals surface area contributed by atoms with E-state index in [0.29, 0.717) is 19.0 Å². The van der Waals surface area contributed by atoms with Crippen molar-refractivity contribution in [1.82, 2.24) is 4.31 Å². The predicted molar refractivity (Wildman–Crippen MR) is 82.3 cm³/mol. The molecule has 2 N–H and O–H groups in total. The Hall–Kier alpha value is -0.780. The molecule has 6 heteroatoms. The molecule has 0 spiro atoms. The zero-order valence-electron chi connectivity index (χ0n) is 11.7. The molecule has 112 valence electrons. The molecule has 0 saturated carbocycles. The summed E-state index contributed by atoms with van der Waals surface area (Å²) in [6.07, 6.45) is 3.98. The molecule has 0 bridgehead atoms. The van der Waals surface area contributed by atoms with E-state index in [1.165, 1.54) is 4.31 Å². The molecule has 2 rings (SSSR count). The highest BCUT2D eigenvalue weighted by molar-refractivity contribution is 7.89. The lowest BCUT2D eigenvalue weighted by Crippen LogP contribution is -2.32. The van der Waals surface area contributed by atoms with Crippen molar-refractivity contribution >= 4 is 27.3 Å². The van der Waals surface area contributed by atoms with E-state index < -0.39 is 10.0 Å². The number of hydrogen-bond acceptors (Lipinski definition) is 3. The van der Waals surface area contributed by atoms with E-state index in [4.69, 9.17) is 17.3 Å². The molecule has 4 nitrogen and oxygen atoms in total. The molecule has 1 aliphatic rings. The highest BCUT2D eigenvalue weighted by Crippen LogP contribution is 2.32. The van der Waals surface area contributed by atoms with Crippen LogP contribution in [0, 0.1) is 5.92 Å². The van der Waals surface area contributed by atoms with Crippen molar-refractivity contribution < 1.29 is 8.42 Å². The van der Waals surface area contributed by atoms with Gasteiger partial charge in [0.15, 0.2) is 0 Å². The molecule has 1 fully saturated rings. The van der Waals surface area contributed by atoms with Crippen LogP contribution in [0.15, 0.2) is 23.1 Å². The van der Waals surface area contributed by atoms with Gasteiger partial charge in [0, 0.05) is 13.1 Å². The number of nitrogen functional groups attached to an aromatic ring is 1. The van der Waals surface area contributed by atoms with E-state index >= 15 is 0 Å². The molecule has 1 unspecified atom stereocenters. The number of sulfonamides is 1. The summed E-state index contributed by atoms with van der Waals surface area (Å²) in [4.78, 5) is 0.0524. The van der Waals surface area contributed by atoms with Crippen LogP contribution in [0.4, 0.5) is 5.69 Å². The fraction of sp³-hybridized carbons (Fsp3) is 0.571. The molecule has 0 aliphatic carbocycles. The van der Waals surface area contributed by atoms with Gasteiger partial charge in [-0.2, -0.15) is 4.31 Å². The Balaban J connectivity index is 2.31. The lowest BCUT2D eigenvalue weighted by atomic mass is 9.98. The van der Waals surface area contributed by atoms with E-state index in [0.717, 1.165) is 25.7 Å². The highest BCUT2D eigenvalue weighted by atomic mass is 35.5. The number of nitrogens with zero attached hydrogens (tertiary/aromatic N) is 1. The molecule has 1 atom stereocenters. The van der Waals surface area contributed by atoms with Crippen molar-refractivity contribution in [3.05, 3.63) is 23.2 Å². The quantitative estimate of drug-likeness (QED) is 0.871. The highest BCUT2D eigenvalue weighted by Gasteiger charge is 2.30. The minimum Gasteiger partial charge on any atom is -0.398 e. The van der Waals surface area contributed by atoms with Crippen LogP contribution in [0.25, 0.3) is 0 Å². The predicted octanol–water partition coefficient (Wildman–Crippen LogP) is 3.12. The van der Waals surface area contributed by atoms with Crippen molar-refractivity contribution in [2.24, 2.45) is 5.92 Å². The molecule has 1 aliphatic heterocycles. The summed E-state index contributed by atoms with van der Waals surface area (Å²) in [5, 5.41) is 0.196. The van der Waals surface area contributed by atoms with Crippen molar-refractivity contribution in [2.75, 3.05) is 18.8 Å². The summed E-state index contributed by atoms with van der Waals surface area (Å²) in [5.41, 5.74) is 6.03. The van der Waals surface area contributed by atoms with Gasteiger partial charge in [-0.3, -0.25) is 0 Å². The summed E-state index contributed by atoms with van der Waals surface area (Å²) < 4.78 is 27.0. The fourth-order valence-electron chi connectivity index (χ4n) is 2.71. The average Bonchev–Trinajstić information content (AvgIpc) is 2.63. The zero-order chi connectivity index (χ0) is 14.8. The van der Waals surface area contributed by atoms with Gasteiger partial charge in [0.05, 0.1) is 10.7 Å². The first kappa shape index (κ1) is 15.6. The van der Waals surface area contributed by atoms with Gasteiger partial charge in [0.25, 0.3) is 0 Å². The molecule has 0 aromatic heterocycles. The third-order valence-corrected chi connectivity index (χ3v) is 6.42. The fourth-order valence-corrected chi connectivity index (χ4v) is 4.84. The van der Waals surface area contributed by atoms with E-state index in [-0.39, 0.29) is 15.6 Å². The normalized spacial score (nSPS) is 21.6. The maximum Gasteiger partial charge on any atom is 0.246 e. The smallest absolute Gasteiger partial charge is 0.246 e. The van der Waals surface area contributed by atoms with Crippen molar-refractivity contribution in [3.8, 4) is 0 Å². The van der Waals surface area contributed by atoms with Crippen LogP contribution in [-0.2, 0) is 10.0 Å². The second-order valence-corrected chi connectivity index (χ2v) is 7.55. The summed E-state index contributed by atoms with van der Waals surface area (Å²) >= 11 is 6.04. The second kappa shape index (κ2) is 6.33. The van der Waals surface area contributed by atoms with Crippen LogP contribution < -0.4 is 5.73 Å². The lowest BCUT2D eigenvalue weighted by molar-refractivity contribution is 0.407. The van der Waals surface area contributed by atoms with Gasteiger partial charge in [0.1, 0.15) is 4.90 Å². The third kappa shape index (κ3) is 3.10. The Morgan fingerprint density at radius 1 is 1.35 bits per heavy atom. The summed E-state index contributed by atoms with van der Waals surface area (Å²) in [7, 11) is -3.60. The third-order valence-electron chi connectivity index (χ3n) is 3.98. The number of benzene rings is 1. The van der Waals surface area contributed by atoms with E-state index in [1.54, 1.807) is 18.2 Å². The molecular formula is C14H21ClN2O2S. The Labute approximate surface area is 126 Å². The Bertz CT molecular complexity index is 554. The number of anilines is 1. The first-order chi connectivity index (χ1) is 9.46. The van der Waals surface area contributed by atoms with Crippen molar-refractivity contribution in [3.63, 3.8) is 0 Å². The first-order valence-electron chi connectivity index (χ1n) is 7.01. The maximum absolute atomic E-state index is 12.7. The number of hydrogen-bond donors (Lipinski definition) is 1. The molecule has 20 heavy (non-hydrogen) atoms. The van der Waals surface area contributed by atoms with Crippen LogP contribution in [-0.4, -0.2) is 25.8 Å². The van der Waals surface area contributed by atoms with E-state index in [9.17, 15) is 8.42 Å². The SMILES string of the molecule is CCC1CCCN(S(=O)(=O)c2c(N)cccc2Cl)CC1. The first-order valence-corrected chi connectivity index (χ1v) is 8.82. The molecule has 0 amide bonds. The average molecular weight is 317 g/mol. The standard InChI is InChI=1S/C14H21ClN2O2S/c1-2-11-5-4-9-17(10-8-11)20(18,19)14-12(15)6-3-7-13(14)16/h3,6-7,11H,2,4-5,8-10,16H2,1H3. The minimum atomic E-state index is -3.60. The molecular weight excluding hydrogens is 296 g/mol. The largest absolute Gasteiger partial charge is 0.398 e. The number of nitrogens with two attached hydrogens (primary N) is 1. The summed E-state index contributed by atoms with van der Waals surface area (Å²) in [5.74, 6) is 0.610. The molecule has 1 saturated heterocycles. The van der Waals surface area contributed by atoms with Gasteiger partial charge in [-0.1, -0.05) is 31.0 Å². The Morgan fingerprint density at radius 3 is 2.75 bits per heavy atom. The molecule has 1 aromatic rings. The Kier molecular flexibility index (Phi) is 4.94. The van der Waals surface area contributed by atoms with Crippen molar-refractivity contribution in [1.29, 1.82) is 0 Å². The van der Waals surface area contributed by atoms with E-state index in [1.807, 2.05) is 0 Å².